The van der Waals surface area contributed by atoms with Crippen LogP contribution in [0.15, 0.2) is 18.2 Å². The molecule has 100 valence electrons. The normalized spacial score (nSPS) is 20.7. The number of ether oxygens (including phenoxy) is 2. The number of benzene rings is 1. The molecule has 1 N–H and O–H groups in total. The van der Waals surface area contributed by atoms with Gasteiger partial charge in [-0.25, -0.2) is 0 Å². The first-order valence-electron chi connectivity index (χ1n) is 6.39. The summed E-state index contributed by atoms with van der Waals surface area (Å²) in [7, 11) is 3.37. The van der Waals surface area contributed by atoms with E-state index in [9.17, 15) is 0 Å². The van der Waals surface area contributed by atoms with Crippen molar-refractivity contribution < 1.29 is 9.47 Å². The third-order valence-corrected chi connectivity index (χ3v) is 3.27. The molecule has 1 heterocycles. The molecule has 1 aliphatic rings. The summed E-state index contributed by atoms with van der Waals surface area (Å²) in [6, 6.07) is 6.63. The maximum Gasteiger partial charge on any atom is 0.122 e. The molecule has 1 atom stereocenters. The zero-order chi connectivity index (χ0) is 13.0. The lowest BCUT2D eigenvalue weighted by molar-refractivity contribution is 0.199. The Hall–Kier alpha value is -1.26. The van der Waals surface area contributed by atoms with Crippen molar-refractivity contribution in [2.45, 2.75) is 19.5 Å². The molecule has 1 fully saturated rings. The standard InChI is InChI=1S/C14H22N2O2/c1-11-9-16(5-4-15-11)10-12-6-13(17-2)8-14(7-12)18-3/h6-8,11,15H,4-5,9-10H2,1-3H3/t11-/m0/s1. The highest BCUT2D eigenvalue weighted by molar-refractivity contribution is 5.38. The van der Waals surface area contributed by atoms with Crippen LogP contribution in [0, 0.1) is 0 Å². The van der Waals surface area contributed by atoms with Gasteiger partial charge in [0.15, 0.2) is 0 Å². The Morgan fingerprint density at radius 2 is 1.89 bits per heavy atom. The molecule has 1 aromatic carbocycles. The lowest BCUT2D eigenvalue weighted by atomic mass is 10.1. The van der Waals surface area contributed by atoms with E-state index < -0.39 is 0 Å². The third kappa shape index (κ3) is 3.37. The minimum absolute atomic E-state index is 0.561. The van der Waals surface area contributed by atoms with Crippen LogP contribution < -0.4 is 14.8 Å². The van der Waals surface area contributed by atoms with Crippen molar-refractivity contribution in [3.8, 4) is 11.5 Å². The number of nitrogens with zero attached hydrogens (tertiary/aromatic N) is 1. The van der Waals surface area contributed by atoms with Gasteiger partial charge in [-0.15, -0.1) is 0 Å². The number of rotatable bonds is 4. The van der Waals surface area contributed by atoms with E-state index in [2.05, 4.69) is 29.3 Å². The molecule has 2 rings (SSSR count). The van der Waals surface area contributed by atoms with Gasteiger partial charge >= 0.3 is 0 Å². The summed E-state index contributed by atoms with van der Waals surface area (Å²) in [6.07, 6.45) is 0. The molecule has 0 amide bonds. The summed E-state index contributed by atoms with van der Waals surface area (Å²) in [5, 5.41) is 3.45. The zero-order valence-corrected chi connectivity index (χ0v) is 11.4. The van der Waals surface area contributed by atoms with Crippen LogP contribution in [0.25, 0.3) is 0 Å². The first-order chi connectivity index (χ1) is 8.71. The molecule has 4 heteroatoms. The Labute approximate surface area is 109 Å². The highest BCUT2D eigenvalue weighted by Gasteiger charge is 2.16. The van der Waals surface area contributed by atoms with Crippen LogP contribution in [-0.4, -0.2) is 44.8 Å². The van der Waals surface area contributed by atoms with Crippen LogP contribution in [0.1, 0.15) is 12.5 Å². The van der Waals surface area contributed by atoms with Gasteiger partial charge in [0, 0.05) is 38.3 Å². The van der Waals surface area contributed by atoms with E-state index >= 15 is 0 Å². The van der Waals surface area contributed by atoms with E-state index in [1.807, 2.05) is 6.07 Å². The number of piperazine rings is 1. The minimum Gasteiger partial charge on any atom is -0.497 e. The van der Waals surface area contributed by atoms with E-state index in [4.69, 9.17) is 9.47 Å². The Balaban J connectivity index is 2.07. The second-order valence-electron chi connectivity index (χ2n) is 4.81. The summed E-state index contributed by atoms with van der Waals surface area (Å²) in [5.74, 6) is 1.71. The molecule has 1 aliphatic heterocycles. The summed E-state index contributed by atoms with van der Waals surface area (Å²) in [4.78, 5) is 2.45. The van der Waals surface area contributed by atoms with Crippen LogP contribution in [0.5, 0.6) is 11.5 Å². The summed E-state index contributed by atoms with van der Waals surface area (Å²) < 4.78 is 10.6. The first-order valence-corrected chi connectivity index (χ1v) is 6.39. The van der Waals surface area contributed by atoms with Crippen molar-refractivity contribution in [2.75, 3.05) is 33.9 Å². The van der Waals surface area contributed by atoms with Crippen molar-refractivity contribution in [3.05, 3.63) is 23.8 Å². The third-order valence-electron chi connectivity index (χ3n) is 3.27. The zero-order valence-electron chi connectivity index (χ0n) is 11.4. The van der Waals surface area contributed by atoms with Gasteiger partial charge in [0.1, 0.15) is 11.5 Å². The second-order valence-corrected chi connectivity index (χ2v) is 4.81. The Bertz CT molecular complexity index is 373. The average Bonchev–Trinajstić information content (AvgIpc) is 2.38. The van der Waals surface area contributed by atoms with Crippen LogP contribution in [0.4, 0.5) is 0 Å². The van der Waals surface area contributed by atoms with Crippen LogP contribution in [-0.2, 0) is 6.54 Å². The lowest BCUT2D eigenvalue weighted by Gasteiger charge is -2.31. The number of hydrogen-bond acceptors (Lipinski definition) is 4. The van der Waals surface area contributed by atoms with Gasteiger partial charge in [0.2, 0.25) is 0 Å². The van der Waals surface area contributed by atoms with Crippen molar-refractivity contribution in [3.63, 3.8) is 0 Å². The van der Waals surface area contributed by atoms with Crippen molar-refractivity contribution in [2.24, 2.45) is 0 Å². The van der Waals surface area contributed by atoms with E-state index in [0.29, 0.717) is 6.04 Å². The first kappa shape index (κ1) is 13.2. The Morgan fingerprint density at radius 3 is 2.44 bits per heavy atom. The van der Waals surface area contributed by atoms with Crippen LogP contribution >= 0.6 is 0 Å². The fraction of sp³-hybridized carbons (Fsp3) is 0.571. The van der Waals surface area contributed by atoms with Crippen LogP contribution in [0.2, 0.25) is 0 Å². The van der Waals surface area contributed by atoms with Gasteiger partial charge in [-0.3, -0.25) is 4.90 Å². The largest absolute Gasteiger partial charge is 0.497 e. The molecular weight excluding hydrogens is 228 g/mol. The van der Waals surface area contributed by atoms with Gasteiger partial charge < -0.3 is 14.8 Å². The molecule has 1 aromatic rings. The van der Waals surface area contributed by atoms with Gasteiger partial charge in [-0.05, 0) is 24.6 Å². The Morgan fingerprint density at radius 1 is 1.22 bits per heavy atom. The molecule has 18 heavy (non-hydrogen) atoms. The smallest absolute Gasteiger partial charge is 0.122 e. The maximum absolute atomic E-state index is 5.30. The molecule has 0 aromatic heterocycles. The molecule has 1 saturated heterocycles. The van der Waals surface area contributed by atoms with Crippen LogP contribution in [0.3, 0.4) is 0 Å². The highest BCUT2D eigenvalue weighted by atomic mass is 16.5. The quantitative estimate of drug-likeness (QED) is 0.878. The maximum atomic E-state index is 5.30. The average molecular weight is 250 g/mol. The highest BCUT2D eigenvalue weighted by Crippen LogP contribution is 2.23. The number of methoxy groups -OCH3 is 2. The predicted octanol–water partition coefficient (Wildman–Crippen LogP) is 1.50. The molecular formula is C14H22N2O2. The molecule has 0 spiro atoms. The molecule has 4 nitrogen and oxygen atoms in total. The molecule has 0 aliphatic carbocycles. The second kappa shape index (κ2) is 6.07. The van der Waals surface area contributed by atoms with E-state index in [0.717, 1.165) is 37.7 Å². The van der Waals surface area contributed by atoms with Crippen molar-refractivity contribution in [1.82, 2.24) is 10.2 Å². The topological polar surface area (TPSA) is 33.7 Å². The summed E-state index contributed by atoms with van der Waals surface area (Å²) in [6.45, 7) is 6.39. The summed E-state index contributed by atoms with van der Waals surface area (Å²) >= 11 is 0. The van der Waals surface area contributed by atoms with Gasteiger partial charge in [0.05, 0.1) is 14.2 Å². The van der Waals surface area contributed by atoms with E-state index in [1.165, 1.54) is 5.56 Å². The molecule has 0 unspecified atom stereocenters. The van der Waals surface area contributed by atoms with Gasteiger partial charge in [-0.2, -0.15) is 0 Å². The monoisotopic (exact) mass is 250 g/mol. The summed E-state index contributed by atoms with van der Waals surface area (Å²) in [5.41, 5.74) is 1.24. The van der Waals surface area contributed by atoms with Gasteiger partial charge in [0.25, 0.3) is 0 Å². The predicted molar refractivity (Wildman–Crippen MR) is 72.3 cm³/mol. The van der Waals surface area contributed by atoms with Crippen molar-refractivity contribution in [1.29, 1.82) is 0 Å². The van der Waals surface area contributed by atoms with E-state index in [1.54, 1.807) is 14.2 Å². The Kier molecular flexibility index (Phi) is 4.44. The number of hydrogen-bond donors (Lipinski definition) is 1. The fourth-order valence-corrected chi connectivity index (χ4v) is 2.37. The van der Waals surface area contributed by atoms with Gasteiger partial charge in [-0.1, -0.05) is 0 Å². The molecule has 0 saturated carbocycles. The molecule has 0 bridgehead atoms. The van der Waals surface area contributed by atoms with E-state index in [-0.39, 0.29) is 0 Å². The molecule has 0 radical (unpaired) electrons. The SMILES string of the molecule is COc1cc(CN2CCN[C@@H](C)C2)cc(OC)c1. The van der Waals surface area contributed by atoms with Crippen molar-refractivity contribution >= 4 is 0 Å². The lowest BCUT2D eigenvalue weighted by Crippen LogP contribution is -2.48. The number of nitrogens with one attached hydrogen (secondary N) is 1. The fourth-order valence-electron chi connectivity index (χ4n) is 2.37. The minimum atomic E-state index is 0.561.